The third kappa shape index (κ3) is 3.63. The van der Waals surface area contributed by atoms with Crippen LogP contribution in [-0.4, -0.2) is 36.1 Å². The Hall–Kier alpha value is -2.30. The van der Waals surface area contributed by atoms with E-state index in [1.54, 1.807) is 7.11 Å². The monoisotopic (exact) mass is 416 g/mol. The Morgan fingerprint density at radius 1 is 1.20 bits per heavy atom. The van der Waals surface area contributed by atoms with Crippen molar-refractivity contribution in [2.45, 2.75) is 29.0 Å². The zero-order chi connectivity index (χ0) is 20.5. The van der Waals surface area contributed by atoms with Crippen LogP contribution in [0.25, 0.3) is 10.9 Å². The summed E-state index contributed by atoms with van der Waals surface area (Å²) in [5, 5.41) is 1.55. The molecule has 5 atom stereocenters. The van der Waals surface area contributed by atoms with Crippen molar-refractivity contribution in [2.24, 2.45) is 11.8 Å². The molecule has 1 unspecified atom stereocenters. The Bertz CT molecular complexity index is 1040. The molecule has 0 N–H and O–H groups in total. The molecular weight excluding hydrogens is 388 g/mol. The molecule has 1 aromatic heterocycles. The minimum absolute atomic E-state index is 0.346. The Morgan fingerprint density at radius 3 is 2.80 bits per heavy atom. The topological polar surface area (TPSA) is 25.4 Å². The van der Waals surface area contributed by atoms with Crippen molar-refractivity contribution in [2.75, 3.05) is 20.2 Å². The molecule has 0 saturated carbocycles. The molecule has 3 fully saturated rings. The van der Waals surface area contributed by atoms with Crippen LogP contribution in [-0.2, 0) is 0 Å². The van der Waals surface area contributed by atoms with Gasteiger partial charge in [0.15, 0.2) is 0 Å². The van der Waals surface area contributed by atoms with Crippen LogP contribution in [0.4, 0.5) is 0 Å². The molecule has 0 spiro atoms. The van der Waals surface area contributed by atoms with Gasteiger partial charge in [0.1, 0.15) is 5.75 Å². The molecule has 3 saturated heterocycles. The fourth-order valence-electron chi connectivity index (χ4n) is 5.21. The summed E-state index contributed by atoms with van der Waals surface area (Å²) in [6.45, 7) is 6.43. The summed E-state index contributed by atoms with van der Waals surface area (Å²) in [5.41, 5.74) is 2.40. The summed E-state index contributed by atoms with van der Waals surface area (Å²) < 4.78 is 5.54. The second-order valence-electron chi connectivity index (χ2n) is 8.38. The molecule has 4 heterocycles. The van der Waals surface area contributed by atoms with Crippen LogP contribution < -0.4 is 4.74 Å². The molecule has 3 aliphatic rings. The smallest absolute Gasteiger partial charge is 0.119 e. The second-order valence-corrected chi connectivity index (χ2v) is 9.60. The minimum Gasteiger partial charge on any atom is -0.497 e. The Balaban J connectivity index is 1.59. The van der Waals surface area contributed by atoms with E-state index in [2.05, 4.69) is 71.1 Å². The highest BCUT2D eigenvalue weighted by atomic mass is 32.2. The summed E-state index contributed by atoms with van der Waals surface area (Å²) >= 11 is 1.99. The van der Waals surface area contributed by atoms with E-state index in [9.17, 15) is 0 Å². The van der Waals surface area contributed by atoms with Crippen molar-refractivity contribution in [1.29, 1.82) is 0 Å². The first-order chi connectivity index (χ1) is 14.8. The lowest BCUT2D eigenvalue weighted by molar-refractivity contribution is 0.0183. The van der Waals surface area contributed by atoms with Gasteiger partial charge in [-0.3, -0.25) is 9.88 Å². The number of aromatic nitrogens is 1. The molecule has 6 rings (SSSR count). The van der Waals surface area contributed by atoms with Crippen LogP contribution in [0.1, 0.15) is 23.7 Å². The number of piperidine rings is 3. The van der Waals surface area contributed by atoms with Gasteiger partial charge in [-0.05, 0) is 73.2 Å². The predicted molar refractivity (Wildman–Crippen MR) is 125 cm³/mol. The van der Waals surface area contributed by atoms with E-state index in [1.807, 2.05) is 24.0 Å². The third-order valence-electron chi connectivity index (χ3n) is 6.80. The fraction of sp³-hybridized carbons (Fsp3) is 0.346. The molecule has 3 aromatic rings. The third-order valence-corrected chi connectivity index (χ3v) is 8.16. The van der Waals surface area contributed by atoms with Gasteiger partial charge in [-0.15, -0.1) is 18.3 Å². The van der Waals surface area contributed by atoms with Crippen molar-refractivity contribution in [3.63, 3.8) is 0 Å². The van der Waals surface area contributed by atoms with Gasteiger partial charge in [-0.1, -0.05) is 24.3 Å². The lowest BCUT2D eigenvalue weighted by atomic mass is 9.74. The van der Waals surface area contributed by atoms with Crippen molar-refractivity contribution >= 4 is 22.7 Å². The van der Waals surface area contributed by atoms with Gasteiger partial charge < -0.3 is 4.74 Å². The van der Waals surface area contributed by atoms with E-state index in [0.29, 0.717) is 17.2 Å². The van der Waals surface area contributed by atoms with Crippen molar-refractivity contribution < 1.29 is 4.74 Å². The molecule has 30 heavy (non-hydrogen) atoms. The molecule has 3 aliphatic heterocycles. The van der Waals surface area contributed by atoms with E-state index in [0.717, 1.165) is 23.7 Å². The van der Waals surface area contributed by atoms with E-state index in [-0.39, 0.29) is 0 Å². The maximum Gasteiger partial charge on any atom is 0.119 e. The highest BCUT2D eigenvalue weighted by Crippen LogP contribution is 2.49. The van der Waals surface area contributed by atoms with Gasteiger partial charge in [-0.25, -0.2) is 0 Å². The number of rotatable bonds is 6. The fourth-order valence-corrected chi connectivity index (χ4v) is 6.59. The first-order valence-corrected chi connectivity index (χ1v) is 11.7. The number of hydrogen-bond donors (Lipinski definition) is 0. The number of hydrogen-bond acceptors (Lipinski definition) is 4. The summed E-state index contributed by atoms with van der Waals surface area (Å²) in [6, 6.07) is 19.8. The molecule has 0 amide bonds. The van der Waals surface area contributed by atoms with Crippen LogP contribution in [0.5, 0.6) is 5.75 Å². The molecule has 0 aliphatic carbocycles. The molecule has 3 nitrogen and oxygen atoms in total. The first-order valence-electron chi connectivity index (χ1n) is 10.8. The lowest BCUT2D eigenvalue weighted by Gasteiger charge is -2.51. The summed E-state index contributed by atoms with van der Waals surface area (Å²) in [4.78, 5) is 8.66. The van der Waals surface area contributed by atoms with Gasteiger partial charge in [0, 0.05) is 29.1 Å². The zero-order valence-electron chi connectivity index (χ0n) is 17.4. The maximum absolute atomic E-state index is 5.54. The number of fused-ring (bicyclic) bond motifs is 4. The van der Waals surface area contributed by atoms with Crippen molar-refractivity contribution in [3.8, 4) is 5.75 Å². The summed E-state index contributed by atoms with van der Waals surface area (Å²) in [7, 11) is 1.73. The lowest BCUT2D eigenvalue weighted by Crippen LogP contribution is -2.54. The van der Waals surface area contributed by atoms with Crippen LogP contribution in [0.3, 0.4) is 0 Å². The number of benzene rings is 2. The van der Waals surface area contributed by atoms with Gasteiger partial charge in [0.05, 0.1) is 17.9 Å². The second kappa shape index (κ2) is 8.44. The molecule has 4 heteroatoms. The minimum atomic E-state index is 0.346. The largest absolute Gasteiger partial charge is 0.497 e. The number of methoxy groups -OCH3 is 1. The van der Waals surface area contributed by atoms with Crippen LogP contribution in [0.15, 0.2) is 78.3 Å². The normalized spacial score (nSPS) is 26.4. The van der Waals surface area contributed by atoms with Gasteiger partial charge >= 0.3 is 0 Å². The first kappa shape index (κ1) is 19.7. The highest BCUT2D eigenvalue weighted by Gasteiger charge is 2.43. The van der Waals surface area contributed by atoms with E-state index in [4.69, 9.17) is 4.74 Å². The summed E-state index contributed by atoms with van der Waals surface area (Å²) in [5.74, 6) is 2.27. The molecule has 2 aromatic carbocycles. The zero-order valence-corrected chi connectivity index (χ0v) is 18.2. The average molecular weight is 417 g/mol. The standard InChI is InChI=1S/C26H28N2OS/c1-3-18-17-28-14-12-19(18)15-25(28)26(30-21-7-5-4-6-8-21)22-11-13-27-24-10-9-20(29-2)16-23(22)24/h3-11,13,16,18-19,25-26H,1,12,14-15,17H2,2H3/t18-,19-,25-,26+/m0/s1. The summed E-state index contributed by atoms with van der Waals surface area (Å²) in [6.07, 6.45) is 6.67. The SMILES string of the molecule is C=C[C@H]1CN2CC[C@H]1C[C@H]2[C@H](Sc1ccccc1)c1ccnc2ccc(OC)cc12. The number of pyridine rings is 1. The number of ether oxygens (including phenoxy) is 1. The van der Waals surface area contributed by atoms with Gasteiger partial charge in [0.2, 0.25) is 0 Å². The van der Waals surface area contributed by atoms with Crippen molar-refractivity contribution in [1.82, 2.24) is 9.88 Å². The van der Waals surface area contributed by atoms with E-state index < -0.39 is 0 Å². The highest BCUT2D eigenvalue weighted by molar-refractivity contribution is 7.99. The molecular formula is C26H28N2OS. The Kier molecular flexibility index (Phi) is 5.53. The Morgan fingerprint density at radius 2 is 2.07 bits per heavy atom. The predicted octanol–water partition coefficient (Wildman–Crippen LogP) is 5.97. The van der Waals surface area contributed by atoms with Crippen molar-refractivity contribution in [3.05, 3.63) is 79.0 Å². The average Bonchev–Trinajstić information content (AvgIpc) is 2.82. The van der Waals surface area contributed by atoms with E-state index in [1.165, 1.54) is 35.2 Å². The quantitative estimate of drug-likeness (QED) is 0.365. The Labute approximate surface area is 183 Å². The van der Waals surface area contributed by atoms with Gasteiger partial charge in [0.25, 0.3) is 0 Å². The molecule has 154 valence electrons. The van der Waals surface area contributed by atoms with Crippen LogP contribution in [0.2, 0.25) is 0 Å². The number of nitrogens with zero attached hydrogens (tertiary/aromatic N) is 2. The van der Waals surface area contributed by atoms with E-state index >= 15 is 0 Å². The number of thioether (sulfide) groups is 1. The molecule has 2 bridgehead atoms. The molecule has 0 radical (unpaired) electrons. The van der Waals surface area contributed by atoms with Crippen LogP contribution in [0, 0.1) is 11.8 Å². The maximum atomic E-state index is 5.54. The van der Waals surface area contributed by atoms with Crippen LogP contribution >= 0.6 is 11.8 Å². The van der Waals surface area contributed by atoms with Gasteiger partial charge in [-0.2, -0.15) is 0 Å².